The molecule has 0 amide bonds. The normalized spacial score (nSPS) is 11.6. The highest BCUT2D eigenvalue weighted by Crippen LogP contribution is 2.26. The minimum Gasteiger partial charge on any atom is -0.497 e. The summed E-state index contributed by atoms with van der Waals surface area (Å²) in [5.41, 5.74) is 0.0821. The zero-order valence-corrected chi connectivity index (χ0v) is 11.4. The summed E-state index contributed by atoms with van der Waals surface area (Å²) in [7, 11) is 2.74. The second kappa shape index (κ2) is 7.26. The summed E-state index contributed by atoms with van der Waals surface area (Å²) in [6.07, 6.45) is -3.84. The van der Waals surface area contributed by atoms with Gasteiger partial charge in [0.05, 0.1) is 19.8 Å². The first kappa shape index (κ1) is 17.2. The van der Waals surface area contributed by atoms with Crippen LogP contribution in [0.15, 0.2) is 18.2 Å². The first-order chi connectivity index (χ1) is 9.81. The van der Waals surface area contributed by atoms with E-state index >= 15 is 0 Å². The number of ketones is 1. The molecule has 0 aliphatic heterocycles. The molecule has 0 atom stereocenters. The van der Waals surface area contributed by atoms with Crippen LogP contribution in [-0.2, 0) is 4.74 Å². The molecule has 0 aliphatic carbocycles. The lowest BCUT2D eigenvalue weighted by Gasteiger charge is -2.15. The summed E-state index contributed by atoms with van der Waals surface area (Å²) in [4.78, 5) is 11.8. The third kappa shape index (κ3) is 4.59. The highest BCUT2D eigenvalue weighted by molar-refractivity contribution is 5.99. The van der Waals surface area contributed by atoms with E-state index in [4.69, 9.17) is 9.47 Å². The van der Waals surface area contributed by atoms with Gasteiger partial charge >= 0.3 is 12.3 Å². The quantitative estimate of drug-likeness (QED) is 0.547. The zero-order valence-electron chi connectivity index (χ0n) is 11.4. The lowest BCUT2D eigenvalue weighted by atomic mass is 10.1. The average Bonchev–Trinajstić information content (AvgIpc) is 2.45. The number of methoxy groups -OCH3 is 2. The largest absolute Gasteiger partial charge is 0.497 e. The van der Waals surface area contributed by atoms with Gasteiger partial charge in [0.1, 0.15) is 24.7 Å². The number of carbonyl (C=O) groups is 1. The highest BCUT2D eigenvalue weighted by Gasteiger charge is 2.41. The van der Waals surface area contributed by atoms with Gasteiger partial charge in [-0.25, -0.2) is 8.78 Å². The fraction of sp³-hybridized carbons (Fsp3) is 0.462. The van der Waals surface area contributed by atoms with Crippen molar-refractivity contribution in [3.05, 3.63) is 23.8 Å². The number of carbonyl (C=O) groups excluding carboxylic acids is 1. The molecule has 1 aromatic carbocycles. The predicted molar refractivity (Wildman–Crippen MR) is 65.6 cm³/mol. The number of halogens is 4. The molecule has 0 N–H and O–H groups in total. The Labute approximate surface area is 118 Å². The van der Waals surface area contributed by atoms with Crippen LogP contribution in [0.2, 0.25) is 0 Å². The molecule has 4 nitrogen and oxygen atoms in total. The molecule has 0 unspecified atom stereocenters. The van der Waals surface area contributed by atoms with Crippen LogP contribution < -0.4 is 9.47 Å². The lowest BCUT2D eigenvalue weighted by Crippen LogP contribution is -2.33. The molecular weight excluding hydrogens is 296 g/mol. The Kier molecular flexibility index (Phi) is 5.95. The monoisotopic (exact) mass is 310 g/mol. The molecule has 0 aliphatic rings. The van der Waals surface area contributed by atoms with E-state index in [1.807, 2.05) is 0 Å². The van der Waals surface area contributed by atoms with E-state index in [0.29, 0.717) is 5.75 Å². The van der Waals surface area contributed by atoms with Crippen LogP contribution in [0, 0.1) is 0 Å². The van der Waals surface area contributed by atoms with Gasteiger partial charge in [-0.1, -0.05) is 0 Å². The maximum absolute atomic E-state index is 12.6. The van der Waals surface area contributed by atoms with Crippen LogP contribution in [0.3, 0.4) is 0 Å². The molecule has 0 fully saturated rings. The Balaban J connectivity index is 2.68. The summed E-state index contributed by atoms with van der Waals surface area (Å²) in [5.74, 6) is -4.35. The van der Waals surface area contributed by atoms with Crippen LogP contribution in [0.5, 0.6) is 11.5 Å². The van der Waals surface area contributed by atoms with Gasteiger partial charge in [-0.05, 0) is 12.1 Å². The Morgan fingerprint density at radius 2 is 1.90 bits per heavy atom. The van der Waals surface area contributed by atoms with Crippen molar-refractivity contribution in [2.75, 3.05) is 27.4 Å². The predicted octanol–water partition coefficient (Wildman–Crippen LogP) is 2.80. The second-order valence-corrected chi connectivity index (χ2v) is 4.04. The van der Waals surface area contributed by atoms with E-state index in [1.165, 1.54) is 32.4 Å². The number of hydrogen-bond acceptors (Lipinski definition) is 4. The van der Waals surface area contributed by atoms with E-state index in [9.17, 15) is 22.4 Å². The standard InChI is InChI=1S/C13H14F4O4/c1-19-8-3-4-9(11(5-8)20-2)10(18)6-21-7-13(16,17)12(14)15/h3-5,12H,6-7H2,1-2H3. The Hall–Kier alpha value is -1.83. The van der Waals surface area contributed by atoms with E-state index in [2.05, 4.69) is 4.74 Å². The first-order valence-corrected chi connectivity index (χ1v) is 5.80. The topological polar surface area (TPSA) is 44.8 Å². The summed E-state index contributed by atoms with van der Waals surface area (Å²) >= 11 is 0. The number of rotatable bonds is 8. The molecule has 0 saturated heterocycles. The third-order valence-electron chi connectivity index (χ3n) is 2.56. The van der Waals surface area contributed by atoms with Crippen molar-refractivity contribution < 1.29 is 36.6 Å². The number of Topliss-reactive ketones (excluding diaryl/α,β-unsaturated/α-hetero) is 1. The summed E-state index contributed by atoms with van der Waals surface area (Å²) < 4.78 is 63.3. The van der Waals surface area contributed by atoms with Gasteiger partial charge in [0.25, 0.3) is 0 Å². The van der Waals surface area contributed by atoms with E-state index in [1.54, 1.807) is 0 Å². The number of ether oxygens (including phenoxy) is 3. The fourth-order valence-corrected chi connectivity index (χ4v) is 1.45. The average molecular weight is 310 g/mol. The van der Waals surface area contributed by atoms with Crippen molar-refractivity contribution >= 4 is 5.78 Å². The molecule has 0 radical (unpaired) electrons. The number of benzene rings is 1. The molecule has 0 heterocycles. The van der Waals surface area contributed by atoms with Crippen molar-refractivity contribution in [3.63, 3.8) is 0 Å². The Morgan fingerprint density at radius 3 is 2.43 bits per heavy atom. The fourth-order valence-electron chi connectivity index (χ4n) is 1.45. The molecule has 0 saturated carbocycles. The van der Waals surface area contributed by atoms with Gasteiger partial charge in [0.15, 0.2) is 5.78 Å². The van der Waals surface area contributed by atoms with E-state index in [-0.39, 0.29) is 11.3 Å². The summed E-state index contributed by atoms with van der Waals surface area (Å²) in [6.45, 7) is -2.29. The Bertz CT molecular complexity index is 491. The van der Waals surface area contributed by atoms with Crippen LogP contribution in [0.4, 0.5) is 17.6 Å². The lowest BCUT2D eigenvalue weighted by molar-refractivity contribution is -0.163. The molecule has 118 valence electrons. The molecule has 1 aromatic rings. The molecule has 21 heavy (non-hydrogen) atoms. The minimum absolute atomic E-state index is 0.0821. The van der Waals surface area contributed by atoms with Gasteiger partial charge in [0, 0.05) is 6.07 Å². The minimum atomic E-state index is -4.29. The van der Waals surface area contributed by atoms with Crippen LogP contribution in [0.25, 0.3) is 0 Å². The van der Waals surface area contributed by atoms with Gasteiger partial charge < -0.3 is 14.2 Å². The summed E-state index contributed by atoms with van der Waals surface area (Å²) in [6, 6.07) is 4.28. The number of alkyl halides is 4. The highest BCUT2D eigenvalue weighted by atomic mass is 19.3. The zero-order chi connectivity index (χ0) is 16.0. The van der Waals surface area contributed by atoms with Gasteiger partial charge in [0.2, 0.25) is 0 Å². The maximum Gasteiger partial charge on any atom is 0.330 e. The van der Waals surface area contributed by atoms with Gasteiger partial charge in [-0.3, -0.25) is 4.79 Å². The van der Waals surface area contributed by atoms with Gasteiger partial charge in [-0.15, -0.1) is 0 Å². The Morgan fingerprint density at radius 1 is 1.24 bits per heavy atom. The van der Waals surface area contributed by atoms with Crippen molar-refractivity contribution in [1.82, 2.24) is 0 Å². The maximum atomic E-state index is 12.6. The molecule has 0 bridgehead atoms. The van der Waals surface area contributed by atoms with Crippen molar-refractivity contribution in [2.24, 2.45) is 0 Å². The SMILES string of the molecule is COc1ccc(C(=O)COCC(F)(F)C(F)F)c(OC)c1. The molecular formula is C13H14F4O4. The molecule has 0 spiro atoms. The molecule has 1 rings (SSSR count). The summed E-state index contributed by atoms with van der Waals surface area (Å²) in [5, 5.41) is 0. The first-order valence-electron chi connectivity index (χ1n) is 5.80. The van der Waals surface area contributed by atoms with Crippen molar-refractivity contribution in [2.45, 2.75) is 12.3 Å². The van der Waals surface area contributed by atoms with Crippen LogP contribution >= 0.6 is 0 Å². The smallest absolute Gasteiger partial charge is 0.330 e. The van der Waals surface area contributed by atoms with Crippen molar-refractivity contribution in [3.8, 4) is 11.5 Å². The van der Waals surface area contributed by atoms with E-state index in [0.717, 1.165) is 0 Å². The van der Waals surface area contributed by atoms with Crippen molar-refractivity contribution in [1.29, 1.82) is 0 Å². The van der Waals surface area contributed by atoms with Gasteiger partial charge in [-0.2, -0.15) is 8.78 Å². The van der Waals surface area contributed by atoms with Crippen LogP contribution in [0.1, 0.15) is 10.4 Å². The van der Waals surface area contributed by atoms with E-state index < -0.39 is 31.3 Å². The third-order valence-corrected chi connectivity index (χ3v) is 2.56. The van der Waals surface area contributed by atoms with Crippen LogP contribution in [-0.4, -0.2) is 45.6 Å². The molecule has 0 aromatic heterocycles. The number of hydrogen-bond donors (Lipinski definition) is 0. The second-order valence-electron chi connectivity index (χ2n) is 4.04. The molecule has 8 heteroatoms.